The molecule has 1 unspecified atom stereocenters. The predicted molar refractivity (Wildman–Crippen MR) is 71.7 cm³/mol. The summed E-state index contributed by atoms with van der Waals surface area (Å²) in [4.78, 5) is 4.40. The van der Waals surface area contributed by atoms with Gasteiger partial charge in [-0.3, -0.25) is 0 Å². The fraction of sp³-hybridized carbons (Fsp3) is 0.462. The Kier molecular flexibility index (Phi) is 3.25. The van der Waals surface area contributed by atoms with Crippen LogP contribution in [-0.2, 0) is 4.74 Å². The van der Waals surface area contributed by atoms with Crippen LogP contribution in [0.3, 0.4) is 0 Å². The lowest BCUT2D eigenvalue weighted by atomic mass is 10.2. The van der Waals surface area contributed by atoms with Crippen molar-refractivity contribution in [2.45, 2.75) is 25.4 Å². The minimum absolute atomic E-state index is 0.448. The van der Waals surface area contributed by atoms with Gasteiger partial charge in [-0.25, -0.2) is 4.98 Å². The highest BCUT2D eigenvalue weighted by atomic mass is 32.1. The van der Waals surface area contributed by atoms with Crippen LogP contribution in [0.25, 0.3) is 10.1 Å². The van der Waals surface area contributed by atoms with Crippen LogP contribution in [-0.4, -0.2) is 24.2 Å². The summed E-state index contributed by atoms with van der Waals surface area (Å²) < 4.78 is 6.90. The second-order valence-electron chi connectivity index (χ2n) is 4.34. The molecule has 1 saturated heterocycles. The lowest BCUT2D eigenvalue weighted by molar-refractivity contribution is 0.107. The number of hydrogen-bond acceptors (Lipinski definition) is 4. The van der Waals surface area contributed by atoms with Gasteiger partial charge in [0.15, 0.2) is 0 Å². The molecule has 17 heavy (non-hydrogen) atoms. The number of aromatic nitrogens is 1. The molecule has 3 nitrogen and oxygen atoms in total. The van der Waals surface area contributed by atoms with E-state index in [4.69, 9.17) is 4.74 Å². The lowest BCUT2D eigenvalue weighted by Gasteiger charge is -2.10. The van der Waals surface area contributed by atoms with Crippen molar-refractivity contribution in [1.29, 1.82) is 0 Å². The van der Waals surface area contributed by atoms with E-state index in [1.165, 1.54) is 22.9 Å². The van der Waals surface area contributed by atoms with Crippen molar-refractivity contribution >= 4 is 27.2 Å². The number of thiophene rings is 1. The Morgan fingerprint density at radius 2 is 2.47 bits per heavy atom. The number of hydrogen-bond donors (Lipinski definition) is 1. The largest absolute Gasteiger partial charge is 0.378 e. The highest BCUT2D eigenvalue weighted by Crippen LogP contribution is 2.25. The Bertz CT molecular complexity index is 491. The summed E-state index contributed by atoms with van der Waals surface area (Å²) >= 11 is 1.76. The van der Waals surface area contributed by atoms with Crippen molar-refractivity contribution < 1.29 is 4.74 Å². The molecule has 3 heterocycles. The van der Waals surface area contributed by atoms with Crippen LogP contribution in [0.5, 0.6) is 0 Å². The van der Waals surface area contributed by atoms with Crippen molar-refractivity contribution in [3.63, 3.8) is 0 Å². The Balaban J connectivity index is 1.62. The zero-order valence-electron chi connectivity index (χ0n) is 9.69. The van der Waals surface area contributed by atoms with E-state index in [0.29, 0.717) is 6.10 Å². The Hall–Kier alpha value is -1.13. The SMILES string of the molecule is c1cc2sccc2c(NCCC2CCCO2)n1. The number of rotatable bonds is 4. The van der Waals surface area contributed by atoms with Crippen molar-refractivity contribution in [3.05, 3.63) is 23.7 Å². The monoisotopic (exact) mass is 248 g/mol. The smallest absolute Gasteiger partial charge is 0.134 e. The first-order valence-corrected chi connectivity index (χ1v) is 6.99. The zero-order chi connectivity index (χ0) is 11.5. The van der Waals surface area contributed by atoms with Crippen molar-refractivity contribution in [1.82, 2.24) is 4.98 Å². The van der Waals surface area contributed by atoms with Crippen molar-refractivity contribution in [2.75, 3.05) is 18.5 Å². The molecule has 0 aromatic carbocycles. The first kappa shape index (κ1) is 11.0. The summed E-state index contributed by atoms with van der Waals surface area (Å²) in [6.07, 6.45) is 5.81. The van der Waals surface area contributed by atoms with Gasteiger partial charge in [0, 0.05) is 29.4 Å². The van der Waals surface area contributed by atoms with Crippen LogP contribution in [0.1, 0.15) is 19.3 Å². The summed E-state index contributed by atoms with van der Waals surface area (Å²) in [5.74, 6) is 1.00. The fourth-order valence-corrected chi connectivity index (χ4v) is 3.04. The van der Waals surface area contributed by atoms with Gasteiger partial charge in [0.2, 0.25) is 0 Å². The molecule has 1 aliphatic rings. The molecule has 3 rings (SSSR count). The van der Waals surface area contributed by atoms with Gasteiger partial charge in [0.25, 0.3) is 0 Å². The van der Waals surface area contributed by atoms with Gasteiger partial charge in [0.1, 0.15) is 5.82 Å². The van der Waals surface area contributed by atoms with Crippen molar-refractivity contribution in [2.24, 2.45) is 0 Å². The zero-order valence-corrected chi connectivity index (χ0v) is 10.5. The Labute approximate surface area is 105 Å². The molecule has 0 bridgehead atoms. The minimum atomic E-state index is 0.448. The Morgan fingerprint density at radius 3 is 3.35 bits per heavy atom. The number of nitrogens with one attached hydrogen (secondary N) is 1. The molecule has 2 aromatic heterocycles. The molecule has 1 N–H and O–H groups in total. The topological polar surface area (TPSA) is 34.1 Å². The van der Waals surface area contributed by atoms with Crippen LogP contribution >= 0.6 is 11.3 Å². The third-order valence-electron chi connectivity index (χ3n) is 3.16. The van der Waals surface area contributed by atoms with Gasteiger partial charge in [-0.05, 0) is 36.8 Å². The molecule has 0 saturated carbocycles. The van der Waals surface area contributed by atoms with E-state index in [0.717, 1.165) is 25.4 Å². The highest BCUT2D eigenvalue weighted by Gasteiger charge is 2.14. The van der Waals surface area contributed by atoms with Gasteiger partial charge in [-0.2, -0.15) is 0 Å². The third kappa shape index (κ3) is 2.42. The molecule has 4 heteroatoms. The summed E-state index contributed by atoms with van der Waals surface area (Å²) in [5, 5.41) is 6.75. The molecular weight excluding hydrogens is 232 g/mol. The minimum Gasteiger partial charge on any atom is -0.378 e. The standard InChI is InChI=1S/C13H16N2OS/c1-2-10(16-8-1)3-6-14-13-11-5-9-17-12(11)4-7-15-13/h4-5,7,9-10H,1-3,6,8H2,(H,14,15). The molecule has 0 aliphatic carbocycles. The first-order chi connectivity index (χ1) is 8.43. The average Bonchev–Trinajstić information content (AvgIpc) is 2.99. The van der Waals surface area contributed by atoms with E-state index in [-0.39, 0.29) is 0 Å². The van der Waals surface area contributed by atoms with E-state index in [2.05, 4.69) is 27.8 Å². The van der Waals surface area contributed by atoms with Gasteiger partial charge >= 0.3 is 0 Å². The van der Waals surface area contributed by atoms with Crippen LogP contribution in [0.4, 0.5) is 5.82 Å². The normalized spacial score (nSPS) is 19.9. The van der Waals surface area contributed by atoms with E-state index in [1.807, 2.05) is 6.20 Å². The summed E-state index contributed by atoms with van der Waals surface area (Å²) in [7, 11) is 0. The van der Waals surface area contributed by atoms with Gasteiger partial charge in [0.05, 0.1) is 6.10 Å². The highest BCUT2D eigenvalue weighted by molar-refractivity contribution is 7.17. The molecule has 0 radical (unpaired) electrons. The maximum Gasteiger partial charge on any atom is 0.134 e. The summed E-state index contributed by atoms with van der Waals surface area (Å²) in [6.45, 7) is 1.87. The summed E-state index contributed by atoms with van der Waals surface area (Å²) in [6, 6.07) is 4.19. The summed E-state index contributed by atoms with van der Waals surface area (Å²) in [5.41, 5.74) is 0. The van der Waals surface area contributed by atoms with Gasteiger partial charge in [-0.15, -0.1) is 11.3 Å². The Morgan fingerprint density at radius 1 is 1.47 bits per heavy atom. The van der Waals surface area contributed by atoms with Crippen LogP contribution in [0.2, 0.25) is 0 Å². The number of ether oxygens (including phenoxy) is 1. The second-order valence-corrected chi connectivity index (χ2v) is 5.29. The molecular formula is C13H16N2OS. The molecule has 90 valence electrons. The molecule has 1 aliphatic heterocycles. The number of nitrogens with zero attached hydrogens (tertiary/aromatic N) is 1. The molecule has 1 atom stereocenters. The van der Waals surface area contributed by atoms with E-state index in [1.54, 1.807) is 11.3 Å². The second kappa shape index (κ2) is 5.02. The number of anilines is 1. The maximum atomic E-state index is 5.61. The molecule has 1 fully saturated rings. The number of fused-ring (bicyclic) bond motifs is 1. The average molecular weight is 248 g/mol. The first-order valence-electron chi connectivity index (χ1n) is 6.11. The maximum absolute atomic E-state index is 5.61. The quantitative estimate of drug-likeness (QED) is 0.901. The molecule has 0 amide bonds. The fourth-order valence-electron chi connectivity index (χ4n) is 2.26. The van der Waals surface area contributed by atoms with Crippen LogP contribution in [0.15, 0.2) is 23.7 Å². The van der Waals surface area contributed by atoms with E-state index in [9.17, 15) is 0 Å². The van der Waals surface area contributed by atoms with Crippen LogP contribution < -0.4 is 5.32 Å². The molecule has 0 spiro atoms. The van der Waals surface area contributed by atoms with Gasteiger partial charge < -0.3 is 10.1 Å². The van der Waals surface area contributed by atoms with Crippen molar-refractivity contribution in [3.8, 4) is 0 Å². The lowest BCUT2D eigenvalue weighted by Crippen LogP contribution is -2.13. The van der Waals surface area contributed by atoms with Gasteiger partial charge in [-0.1, -0.05) is 0 Å². The van der Waals surface area contributed by atoms with E-state index < -0.39 is 0 Å². The number of pyridine rings is 1. The van der Waals surface area contributed by atoms with E-state index >= 15 is 0 Å². The van der Waals surface area contributed by atoms with Crippen LogP contribution in [0, 0.1) is 0 Å². The third-order valence-corrected chi connectivity index (χ3v) is 4.04. The predicted octanol–water partition coefficient (Wildman–Crippen LogP) is 3.28. The molecule has 2 aromatic rings.